The van der Waals surface area contributed by atoms with Crippen molar-refractivity contribution in [2.75, 3.05) is 5.32 Å². The molecule has 5 heteroatoms. The van der Waals surface area contributed by atoms with E-state index in [9.17, 15) is 4.79 Å². The summed E-state index contributed by atoms with van der Waals surface area (Å²) in [6.07, 6.45) is 1.78. The van der Waals surface area contributed by atoms with Crippen molar-refractivity contribution in [2.45, 2.75) is 13.8 Å². The molecule has 1 amide bonds. The number of nitrogens with one attached hydrogen (secondary N) is 1. The number of aryl methyl sites for hydroxylation is 1. The van der Waals surface area contributed by atoms with Gasteiger partial charge in [-0.15, -0.1) is 0 Å². The molecule has 0 saturated heterocycles. The Bertz CT molecular complexity index is 759. The van der Waals surface area contributed by atoms with Gasteiger partial charge in [0.1, 0.15) is 11.5 Å². The Morgan fingerprint density at radius 3 is 2.60 bits per heavy atom. The van der Waals surface area contributed by atoms with Crippen molar-refractivity contribution in [2.24, 2.45) is 0 Å². The first kappa shape index (κ1) is 13.6. The zero-order valence-corrected chi connectivity index (χ0v) is 14.1. The fourth-order valence-electron chi connectivity index (χ4n) is 2.28. The molecule has 1 N–H and O–H groups in total. The molecule has 2 aromatic rings. The molecule has 1 aliphatic rings. The molecule has 2 heterocycles. The Balaban J connectivity index is 2.22. The molecule has 1 aliphatic heterocycles. The van der Waals surface area contributed by atoms with Gasteiger partial charge < -0.3 is 9.73 Å². The Morgan fingerprint density at radius 2 is 1.95 bits per heavy atom. The average Bonchev–Trinajstić information content (AvgIpc) is 2.93. The SMILES string of the molecule is Cc1ccc(C=C2C(=O)Nc3c(Br)cc(Br)c(C)c32)o1. The van der Waals surface area contributed by atoms with Gasteiger partial charge in [-0.05, 0) is 59.6 Å². The lowest BCUT2D eigenvalue weighted by Gasteiger charge is -2.08. The van der Waals surface area contributed by atoms with Crippen molar-refractivity contribution in [3.8, 4) is 0 Å². The summed E-state index contributed by atoms with van der Waals surface area (Å²) >= 11 is 7.00. The maximum absolute atomic E-state index is 12.2. The van der Waals surface area contributed by atoms with Gasteiger partial charge in [0.2, 0.25) is 0 Å². The van der Waals surface area contributed by atoms with Crippen LogP contribution in [0.25, 0.3) is 11.6 Å². The van der Waals surface area contributed by atoms with Gasteiger partial charge in [-0.3, -0.25) is 4.79 Å². The zero-order valence-electron chi connectivity index (χ0n) is 10.9. The molecule has 0 atom stereocenters. The van der Waals surface area contributed by atoms with Gasteiger partial charge in [-0.2, -0.15) is 0 Å². The van der Waals surface area contributed by atoms with E-state index in [1.807, 2.05) is 32.0 Å². The third-order valence-corrected chi connectivity index (χ3v) is 4.72. The zero-order chi connectivity index (χ0) is 14.4. The fourth-order valence-corrected chi connectivity index (χ4v) is 3.54. The van der Waals surface area contributed by atoms with Gasteiger partial charge in [0.05, 0.1) is 11.3 Å². The number of halogens is 2. The number of rotatable bonds is 1. The van der Waals surface area contributed by atoms with E-state index in [0.717, 1.165) is 31.5 Å². The first-order valence-electron chi connectivity index (χ1n) is 6.06. The van der Waals surface area contributed by atoms with Crippen LogP contribution in [0.3, 0.4) is 0 Å². The molecule has 0 radical (unpaired) electrons. The van der Waals surface area contributed by atoms with Crippen LogP contribution in [0.5, 0.6) is 0 Å². The van der Waals surface area contributed by atoms with Crippen LogP contribution < -0.4 is 5.32 Å². The Morgan fingerprint density at radius 1 is 1.20 bits per heavy atom. The highest BCUT2D eigenvalue weighted by atomic mass is 79.9. The van der Waals surface area contributed by atoms with Crippen LogP contribution >= 0.6 is 31.9 Å². The van der Waals surface area contributed by atoms with Crippen LogP contribution in [-0.4, -0.2) is 5.91 Å². The largest absolute Gasteiger partial charge is 0.462 e. The summed E-state index contributed by atoms with van der Waals surface area (Å²) < 4.78 is 7.35. The molecule has 3 rings (SSSR count). The highest BCUT2D eigenvalue weighted by molar-refractivity contribution is 9.11. The number of fused-ring (bicyclic) bond motifs is 1. The number of amides is 1. The summed E-state index contributed by atoms with van der Waals surface area (Å²) in [6.45, 7) is 3.86. The lowest BCUT2D eigenvalue weighted by atomic mass is 10.0. The van der Waals surface area contributed by atoms with E-state index in [1.54, 1.807) is 6.08 Å². The third-order valence-electron chi connectivity index (χ3n) is 3.28. The van der Waals surface area contributed by atoms with Crippen molar-refractivity contribution in [1.82, 2.24) is 0 Å². The van der Waals surface area contributed by atoms with Crippen LogP contribution in [0.2, 0.25) is 0 Å². The third kappa shape index (κ3) is 2.15. The lowest BCUT2D eigenvalue weighted by Crippen LogP contribution is -2.03. The van der Waals surface area contributed by atoms with E-state index in [-0.39, 0.29) is 5.91 Å². The minimum Gasteiger partial charge on any atom is -0.462 e. The topological polar surface area (TPSA) is 42.2 Å². The molecule has 0 fully saturated rings. The standard InChI is InChI=1S/C15H11Br2NO2/c1-7-3-4-9(20-7)5-10-13-8(2)11(16)6-12(17)14(13)18-15(10)19/h3-6H,1-2H3,(H,18,19). The van der Waals surface area contributed by atoms with Gasteiger partial charge in [-0.25, -0.2) is 0 Å². The molecule has 0 aliphatic carbocycles. The van der Waals surface area contributed by atoms with Crippen LogP contribution in [0, 0.1) is 13.8 Å². The molecule has 0 bridgehead atoms. The Labute approximate surface area is 133 Å². The Kier molecular flexibility index (Phi) is 3.34. The Hall–Kier alpha value is -1.33. The first-order chi connectivity index (χ1) is 9.47. The molecule has 1 aromatic heterocycles. The summed E-state index contributed by atoms with van der Waals surface area (Å²) in [4.78, 5) is 12.2. The maximum atomic E-state index is 12.2. The van der Waals surface area contributed by atoms with E-state index >= 15 is 0 Å². The normalized spacial score (nSPS) is 15.6. The summed E-state index contributed by atoms with van der Waals surface area (Å²) in [6, 6.07) is 5.67. The van der Waals surface area contributed by atoms with Crippen molar-refractivity contribution >= 4 is 55.1 Å². The van der Waals surface area contributed by atoms with Crippen molar-refractivity contribution in [3.05, 3.63) is 49.8 Å². The molecular weight excluding hydrogens is 386 g/mol. The number of carbonyl (C=O) groups excluding carboxylic acids is 1. The molecule has 0 unspecified atom stereocenters. The van der Waals surface area contributed by atoms with Crippen molar-refractivity contribution in [1.29, 1.82) is 0 Å². The van der Waals surface area contributed by atoms with Gasteiger partial charge in [0, 0.05) is 14.5 Å². The van der Waals surface area contributed by atoms with Crippen LogP contribution in [-0.2, 0) is 4.79 Å². The predicted molar refractivity (Wildman–Crippen MR) is 86.5 cm³/mol. The number of hydrogen-bond acceptors (Lipinski definition) is 2. The quantitative estimate of drug-likeness (QED) is 0.695. The lowest BCUT2D eigenvalue weighted by molar-refractivity contribution is -0.110. The number of hydrogen-bond donors (Lipinski definition) is 1. The van der Waals surface area contributed by atoms with Gasteiger partial charge in [-0.1, -0.05) is 15.9 Å². The van der Waals surface area contributed by atoms with Crippen LogP contribution in [0.4, 0.5) is 5.69 Å². The second kappa shape index (κ2) is 4.90. The molecule has 1 aromatic carbocycles. The van der Waals surface area contributed by atoms with Gasteiger partial charge in [0.15, 0.2) is 0 Å². The summed E-state index contributed by atoms with van der Waals surface area (Å²) in [5.74, 6) is 1.38. The summed E-state index contributed by atoms with van der Waals surface area (Å²) in [5, 5.41) is 2.89. The van der Waals surface area contributed by atoms with Gasteiger partial charge in [0.25, 0.3) is 5.91 Å². The molecule has 3 nitrogen and oxygen atoms in total. The number of anilines is 1. The monoisotopic (exact) mass is 395 g/mol. The fraction of sp³-hybridized carbons (Fsp3) is 0.133. The van der Waals surface area contributed by atoms with Crippen LogP contribution in [0.15, 0.2) is 31.6 Å². The van der Waals surface area contributed by atoms with Crippen molar-refractivity contribution < 1.29 is 9.21 Å². The van der Waals surface area contributed by atoms with Gasteiger partial charge >= 0.3 is 0 Å². The second-order valence-corrected chi connectivity index (χ2v) is 6.38. The molecule has 0 spiro atoms. The first-order valence-corrected chi connectivity index (χ1v) is 7.64. The molecule has 20 heavy (non-hydrogen) atoms. The van der Waals surface area contributed by atoms with Crippen molar-refractivity contribution in [3.63, 3.8) is 0 Å². The molecule has 102 valence electrons. The number of benzene rings is 1. The number of furan rings is 1. The highest BCUT2D eigenvalue weighted by Gasteiger charge is 2.29. The van der Waals surface area contributed by atoms with E-state index in [0.29, 0.717) is 11.3 Å². The van der Waals surface area contributed by atoms with E-state index < -0.39 is 0 Å². The van der Waals surface area contributed by atoms with E-state index in [1.165, 1.54) is 0 Å². The smallest absolute Gasteiger partial charge is 0.256 e. The maximum Gasteiger partial charge on any atom is 0.256 e. The minimum atomic E-state index is -0.115. The van der Waals surface area contributed by atoms with E-state index in [4.69, 9.17) is 4.42 Å². The summed E-state index contributed by atoms with van der Waals surface area (Å²) in [7, 11) is 0. The number of carbonyl (C=O) groups is 1. The highest BCUT2D eigenvalue weighted by Crippen LogP contribution is 2.43. The van der Waals surface area contributed by atoms with Crippen LogP contribution in [0.1, 0.15) is 22.6 Å². The minimum absolute atomic E-state index is 0.115. The average molecular weight is 397 g/mol. The van der Waals surface area contributed by atoms with E-state index in [2.05, 4.69) is 37.2 Å². The molecular formula is C15H11Br2NO2. The predicted octanol–water partition coefficient (Wildman–Crippen LogP) is 4.91. The second-order valence-electron chi connectivity index (χ2n) is 4.68. The summed E-state index contributed by atoms with van der Waals surface area (Å²) in [5.41, 5.74) is 3.36. The molecule has 0 saturated carbocycles.